The van der Waals surface area contributed by atoms with E-state index in [0.717, 1.165) is 0 Å². The van der Waals surface area contributed by atoms with Crippen LogP contribution in [0, 0.1) is 11.8 Å². The SMILES string of the molecule is CC(CO)C(C)CO.O=C(Oc1ccccc1)C(=O)c1ccccc1. The van der Waals surface area contributed by atoms with Crippen molar-refractivity contribution in [3.05, 3.63) is 66.2 Å². The maximum Gasteiger partial charge on any atom is 0.385 e. The van der Waals surface area contributed by atoms with Gasteiger partial charge in [-0.2, -0.15) is 0 Å². The third kappa shape index (κ3) is 7.28. The van der Waals surface area contributed by atoms with Gasteiger partial charge in [-0.05, 0) is 24.0 Å². The fraction of sp³-hybridized carbons (Fsp3) is 0.300. The molecule has 0 heterocycles. The minimum absolute atomic E-state index is 0.168. The van der Waals surface area contributed by atoms with Crippen molar-refractivity contribution in [2.75, 3.05) is 13.2 Å². The van der Waals surface area contributed by atoms with E-state index in [9.17, 15) is 9.59 Å². The number of aliphatic hydroxyl groups excluding tert-OH is 2. The van der Waals surface area contributed by atoms with E-state index >= 15 is 0 Å². The van der Waals surface area contributed by atoms with E-state index in [-0.39, 0.29) is 25.0 Å². The summed E-state index contributed by atoms with van der Waals surface area (Å²) in [6.07, 6.45) is 0. The number of hydrogen-bond acceptors (Lipinski definition) is 5. The van der Waals surface area contributed by atoms with Gasteiger partial charge in [0.2, 0.25) is 0 Å². The second kappa shape index (κ2) is 11.1. The summed E-state index contributed by atoms with van der Waals surface area (Å²) in [4.78, 5) is 23.2. The molecule has 0 saturated heterocycles. The molecule has 2 N–H and O–H groups in total. The standard InChI is InChI=1S/C14H10O3.C6H14O2/c15-13(11-7-3-1-4-8-11)14(16)17-12-9-5-2-6-10-12;1-5(3-7)6(2)4-8/h1-10H;5-8H,3-4H2,1-2H3. The van der Waals surface area contributed by atoms with Gasteiger partial charge in [0.15, 0.2) is 0 Å². The van der Waals surface area contributed by atoms with Gasteiger partial charge in [-0.3, -0.25) is 4.79 Å². The number of carbonyl (C=O) groups excluding carboxylic acids is 2. The van der Waals surface area contributed by atoms with Gasteiger partial charge in [0.1, 0.15) is 5.75 Å². The topological polar surface area (TPSA) is 83.8 Å². The number of ketones is 1. The Bertz CT molecular complexity index is 632. The fourth-order valence-corrected chi connectivity index (χ4v) is 1.71. The number of aliphatic hydroxyl groups is 2. The molecule has 2 atom stereocenters. The van der Waals surface area contributed by atoms with Crippen LogP contribution in [-0.2, 0) is 4.79 Å². The molecule has 2 unspecified atom stereocenters. The van der Waals surface area contributed by atoms with Gasteiger partial charge in [0, 0.05) is 18.8 Å². The zero-order chi connectivity index (χ0) is 18.7. The van der Waals surface area contributed by atoms with Crippen LogP contribution in [0.25, 0.3) is 0 Å². The Labute approximate surface area is 147 Å². The van der Waals surface area contributed by atoms with Gasteiger partial charge >= 0.3 is 5.97 Å². The molecule has 0 aromatic heterocycles. The van der Waals surface area contributed by atoms with E-state index in [4.69, 9.17) is 14.9 Å². The Morgan fingerprint density at radius 3 is 1.72 bits per heavy atom. The van der Waals surface area contributed by atoms with Crippen LogP contribution >= 0.6 is 0 Å². The third-order valence-electron chi connectivity index (χ3n) is 3.72. The summed E-state index contributed by atoms with van der Waals surface area (Å²) in [5.41, 5.74) is 0.327. The summed E-state index contributed by atoms with van der Waals surface area (Å²) >= 11 is 0. The number of carbonyl (C=O) groups is 2. The maximum absolute atomic E-state index is 11.7. The smallest absolute Gasteiger partial charge is 0.385 e. The minimum atomic E-state index is -0.873. The van der Waals surface area contributed by atoms with E-state index in [1.807, 2.05) is 13.8 Å². The van der Waals surface area contributed by atoms with Crippen LogP contribution in [0.5, 0.6) is 5.75 Å². The number of ether oxygens (including phenoxy) is 1. The molecule has 0 bridgehead atoms. The van der Waals surface area contributed by atoms with Crippen molar-refractivity contribution in [3.63, 3.8) is 0 Å². The molecule has 0 aliphatic heterocycles. The van der Waals surface area contributed by atoms with Crippen LogP contribution in [0.2, 0.25) is 0 Å². The summed E-state index contributed by atoms with van der Waals surface area (Å²) in [6, 6.07) is 16.8. The number of hydrogen-bond donors (Lipinski definition) is 2. The number of esters is 1. The Kier molecular flexibility index (Phi) is 9.14. The second-order valence-corrected chi connectivity index (χ2v) is 5.72. The Morgan fingerprint density at radius 1 is 0.840 bits per heavy atom. The highest BCUT2D eigenvalue weighted by Gasteiger charge is 2.17. The lowest BCUT2D eigenvalue weighted by molar-refractivity contribution is -0.129. The van der Waals surface area contributed by atoms with Crippen molar-refractivity contribution >= 4 is 11.8 Å². The first-order chi connectivity index (χ1) is 12.0. The van der Waals surface area contributed by atoms with Gasteiger partial charge in [-0.15, -0.1) is 0 Å². The van der Waals surface area contributed by atoms with Gasteiger partial charge in [0.25, 0.3) is 5.78 Å². The minimum Gasteiger partial charge on any atom is -0.421 e. The number of para-hydroxylation sites is 1. The predicted molar refractivity (Wildman–Crippen MR) is 95.3 cm³/mol. The van der Waals surface area contributed by atoms with Crippen LogP contribution in [-0.4, -0.2) is 35.2 Å². The molecule has 5 nitrogen and oxygen atoms in total. The second-order valence-electron chi connectivity index (χ2n) is 5.72. The molecule has 0 amide bonds. The lowest BCUT2D eigenvalue weighted by atomic mass is 9.98. The normalized spacial score (nSPS) is 12.3. The summed E-state index contributed by atoms with van der Waals surface area (Å²) < 4.78 is 4.94. The first-order valence-corrected chi connectivity index (χ1v) is 8.07. The van der Waals surface area contributed by atoms with Crippen molar-refractivity contribution in [3.8, 4) is 5.75 Å². The zero-order valence-electron chi connectivity index (χ0n) is 14.5. The van der Waals surface area contributed by atoms with Crippen LogP contribution in [0.3, 0.4) is 0 Å². The van der Waals surface area contributed by atoms with Gasteiger partial charge < -0.3 is 14.9 Å². The molecule has 0 radical (unpaired) electrons. The average Bonchev–Trinajstić information content (AvgIpc) is 2.68. The highest BCUT2D eigenvalue weighted by molar-refractivity contribution is 6.41. The van der Waals surface area contributed by atoms with E-state index in [1.165, 1.54) is 0 Å². The van der Waals surface area contributed by atoms with Crippen molar-refractivity contribution < 1.29 is 24.5 Å². The molecule has 5 heteroatoms. The summed E-state index contributed by atoms with van der Waals surface area (Å²) in [6.45, 7) is 4.17. The molecule has 134 valence electrons. The summed E-state index contributed by atoms with van der Waals surface area (Å²) in [7, 11) is 0. The molecule has 2 rings (SSSR count). The van der Waals surface area contributed by atoms with Gasteiger partial charge in [-0.25, -0.2) is 4.79 Å². The highest BCUT2D eigenvalue weighted by Crippen LogP contribution is 2.10. The average molecular weight is 344 g/mol. The van der Waals surface area contributed by atoms with Crippen LogP contribution < -0.4 is 4.74 Å². The van der Waals surface area contributed by atoms with Crippen LogP contribution in [0.4, 0.5) is 0 Å². The molecular formula is C20H24O5. The number of benzene rings is 2. The van der Waals surface area contributed by atoms with Crippen molar-refractivity contribution in [1.82, 2.24) is 0 Å². The molecule has 0 spiro atoms. The number of rotatable bonds is 6. The van der Waals surface area contributed by atoms with E-state index in [1.54, 1.807) is 60.7 Å². The Morgan fingerprint density at radius 2 is 1.28 bits per heavy atom. The molecular weight excluding hydrogens is 320 g/mol. The first kappa shape index (κ1) is 20.5. The number of Topliss-reactive ketones (excluding diaryl/α,β-unsaturated/α-hetero) is 1. The maximum atomic E-state index is 11.7. The predicted octanol–water partition coefficient (Wildman–Crippen LogP) is 2.72. The van der Waals surface area contributed by atoms with Crippen molar-refractivity contribution in [2.45, 2.75) is 13.8 Å². The Balaban J connectivity index is 0.000000333. The van der Waals surface area contributed by atoms with Crippen molar-refractivity contribution in [1.29, 1.82) is 0 Å². The zero-order valence-corrected chi connectivity index (χ0v) is 14.5. The third-order valence-corrected chi connectivity index (χ3v) is 3.72. The lowest BCUT2D eigenvalue weighted by Crippen LogP contribution is -2.20. The molecule has 25 heavy (non-hydrogen) atoms. The molecule has 0 fully saturated rings. The molecule has 2 aromatic rings. The lowest BCUT2D eigenvalue weighted by Gasteiger charge is -2.13. The summed E-state index contributed by atoms with van der Waals surface area (Å²) in [5, 5.41) is 17.1. The molecule has 0 aliphatic carbocycles. The Hall–Kier alpha value is -2.50. The van der Waals surface area contributed by atoms with Crippen molar-refractivity contribution in [2.24, 2.45) is 11.8 Å². The first-order valence-electron chi connectivity index (χ1n) is 8.07. The largest absolute Gasteiger partial charge is 0.421 e. The van der Waals surface area contributed by atoms with E-state index < -0.39 is 11.8 Å². The monoisotopic (exact) mass is 344 g/mol. The molecule has 0 saturated carbocycles. The molecule has 2 aromatic carbocycles. The quantitative estimate of drug-likeness (QED) is 0.364. The van der Waals surface area contributed by atoms with Gasteiger partial charge in [0.05, 0.1) is 0 Å². The van der Waals surface area contributed by atoms with Gasteiger partial charge in [-0.1, -0.05) is 62.4 Å². The summed E-state index contributed by atoms with van der Waals surface area (Å²) in [5.74, 6) is -0.710. The molecule has 0 aliphatic rings. The highest BCUT2D eigenvalue weighted by atomic mass is 16.5. The van der Waals surface area contributed by atoms with Crippen LogP contribution in [0.1, 0.15) is 24.2 Å². The van der Waals surface area contributed by atoms with Crippen LogP contribution in [0.15, 0.2) is 60.7 Å². The van der Waals surface area contributed by atoms with E-state index in [2.05, 4.69) is 0 Å². The van der Waals surface area contributed by atoms with E-state index in [0.29, 0.717) is 11.3 Å². The fourth-order valence-electron chi connectivity index (χ4n) is 1.71.